The second kappa shape index (κ2) is 3.81. The normalized spacial score (nSPS) is 11.1. The van der Waals surface area contributed by atoms with Gasteiger partial charge in [0.15, 0.2) is 10.9 Å². The zero-order chi connectivity index (χ0) is 11.8. The summed E-state index contributed by atoms with van der Waals surface area (Å²) >= 11 is 1.38. The fraction of sp³-hybridized carbons (Fsp3) is 0.0909. The SMILES string of the molecule is Nc1nc(Cc2nc3c(F)cccc3[nH]2)cs1. The molecule has 0 radical (unpaired) electrons. The van der Waals surface area contributed by atoms with Crippen LogP contribution >= 0.6 is 11.3 Å². The van der Waals surface area contributed by atoms with E-state index in [9.17, 15) is 4.39 Å². The molecule has 3 aromatic rings. The first-order chi connectivity index (χ1) is 8.22. The van der Waals surface area contributed by atoms with Gasteiger partial charge < -0.3 is 10.7 Å². The zero-order valence-corrected chi connectivity index (χ0v) is 9.59. The average Bonchev–Trinajstić information content (AvgIpc) is 2.86. The van der Waals surface area contributed by atoms with Crippen molar-refractivity contribution in [3.63, 3.8) is 0 Å². The quantitative estimate of drug-likeness (QED) is 0.731. The van der Waals surface area contributed by atoms with Crippen LogP contribution in [0.15, 0.2) is 23.6 Å². The van der Waals surface area contributed by atoms with Crippen LogP contribution < -0.4 is 5.73 Å². The first-order valence-corrected chi connectivity index (χ1v) is 5.93. The van der Waals surface area contributed by atoms with Crippen molar-refractivity contribution in [1.29, 1.82) is 0 Å². The number of nitrogens with one attached hydrogen (secondary N) is 1. The van der Waals surface area contributed by atoms with Gasteiger partial charge in [-0.1, -0.05) is 6.07 Å². The Hall–Kier alpha value is -1.95. The molecule has 4 nitrogen and oxygen atoms in total. The lowest BCUT2D eigenvalue weighted by molar-refractivity contribution is 0.637. The van der Waals surface area contributed by atoms with Crippen molar-refractivity contribution in [1.82, 2.24) is 15.0 Å². The van der Waals surface area contributed by atoms with E-state index in [4.69, 9.17) is 5.73 Å². The second-order valence-electron chi connectivity index (χ2n) is 3.67. The molecule has 86 valence electrons. The molecule has 0 spiro atoms. The molecule has 0 saturated carbocycles. The van der Waals surface area contributed by atoms with E-state index in [0.717, 1.165) is 5.69 Å². The molecule has 0 unspecified atom stereocenters. The van der Waals surface area contributed by atoms with E-state index in [2.05, 4.69) is 15.0 Å². The molecule has 0 bridgehead atoms. The number of rotatable bonds is 2. The first-order valence-electron chi connectivity index (χ1n) is 5.05. The van der Waals surface area contributed by atoms with E-state index < -0.39 is 0 Å². The summed E-state index contributed by atoms with van der Waals surface area (Å²) in [5, 5.41) is 2.40. The minimum Gasteiger partial charge on any atom is -0.375 e. The molecule has 17 heavy (non-hydrogen) atoms. The Bertz CT molecular complexity index is 673. The zero-order valence-electron chi connectivity index (χ0n) is 8.77. The van der Waals surface area contributed by atoms with Crippen LogP contribution in [-0.2, 0) is 6.42 Å². The smallest absolute Gasteiger partial charge is 0.180 e. The maximum Gasteiger partial charge on any atom is 0.180 e. The van der Waals surface area contributed by atoms with Crippen molar-refractivity contribution >= 4 is 27.5 Å². The number of para-hydroxylation sites is 1. The van der Waals surface area contributed by atoms with Gasteiger partial charge in [-0.25, -0.2) is 14.4 Å². The number of thiazole rings is 1. The van der Waals surface area contributed by atoms with Gasteiger partial charge in [0, 0.05) is 11.8 Å². The van der Waals surface area contributed by atoms with Crippen molar-refractivity contribution in [2.24, 2.45) is 0 Å². The van der Waals surface area contributed by atoms with Crippen LogP contribution in [0.5, 0.6) is 0 Å². The predicted molar refractivity (Wildman–Crippen MR) is 65.4 cm³/mol. The van der Waals surface area contributed by atoms with Crippen LogP contribution in [0.2, 0.25) is 0 Å². The Kier molecular flexibility index (Phi) is 2.29. The number of anilines is 1. The number of hydrogen-bond donors (Lipinski definition) is 2. The van der Waals surface area contributed by atoms with E-state index in [-0.39, 0.29) is 5.82 Å². The standard InChI is InChI=1S/C11H9FN4S/c12-7-2-1-3-8-10(7)16-9(15-8)4-6-5-17-11(13)14-6/h1-3,5H,4H2,(H2,13,14)(H,15,16). The lowest BCUT2D eigenvalue weighted by Crippen LogP contribution is -1.91. The molecule has 0 aliphatic heterocycles. The topological polar surface area (TPSA) is 67.6 Å². The lowest BCUT2D eigenvalue weighted by Gasteiger charge is -1.90. The van der Waals surface area contributed by atoms with Gasteiger partial charge >= 0.3 is 0 Å². The maximum atomic E-state index is 13.4. The van der Waals surface area contributed by atoms with E-state index >= 15 is 0 Å². The van der Waals surface area contributed by atoms with Gasteiger partial charge in [-0.05, 0) is 12.1 Å². The third-order valence-electron chi connectivity index (χ3n) is 2.43. The van der Waals surface area contributed by atoms with Crippen LogP contribution in [0.25, 0.3) is 11.0 Å². The monoisotopic (exact) mass is 248 g/mol. The molecule has 6 heteroatoms. The van der Waals surface area contributed by atoms with Crippen LogP contribution in [0.4, 0.5) is 9.52 Å². The summed E-state index contributed by atoms with van der Waals surface area (Å²) in [6, 6.07) is 4.85. The number of aromatic amines is 1. The fourth-order valence-electron chi connectivity index (χ4n) is 1.71. The minimum absolute atomic E-state index is 0.317. The summed E-state index contributed by atoms with van der Waals surface area (Å²) < 4.78 is 13.4. The van der Waals surface area contributed by atoms with Crippen molar-refractivity contribution in [3.05, 3.63) is 40.9 Å². The molecule has 0 atom stereocenters. The lowest BCUT2D eigenvalue weighted by atomic mass is 10.3. The Morgan fingerprint density at radius 3 is 2.94 bits per heavy atom. The summed E-state index contributed by atoms with van der Waals surface area (Å²) in [5.74, 6) is 0.373. The number of hydrogen-bond acceptors (Lipinski definition) is 4. The van der Waals surface area contributed by atoms with Crippen LogP contribution in [0, 0.1) is 5.82 Å². The van der Waals surface area contributed by atoms with Crippen molar-refractivity contribution in [3.8, 4) is 0 Å². The number of aromatic nitrogens is 3. The highest BCUT2D eigenvalue weighted by Crippen LogP contribution is 2.18. The summed E-state index contributed by atoms with van der Waals surface area (Å²) in [5.41, 5.74) is 7.45. The number of H-pyrrole nitrogens is 1. The molecule has 0 fully saturated rings. The first kappa shape index (κ1) is 10.2. The van der Waals surface area contributed by atoms with E-state index in [1.165, 1.54) is 17.4 Å². The highest BCUT2D eigenvalue weighted by Gasteiger charge is 2.08. The summed E-state index contributed by atoms with van der Waals surface area (Å²) in [7, 11) is 0. The van der Waals surface area contributed by atoms with Gasteiger partial charge in [-0.2, -0.15) is 0 Å². The Labute approximate surface area is 100 Å². The average molecular weight is 248 g/mol. The highest BCUT2D eigenvalue weighted by molar-refractivity contribution is 7.13. The largest absolute Gasteiger partial charge is 0.375 e. The number of fused-ring (bicyclic) bond motifs is 1. The summed E-state index contributed by atoms with van der Waals surface area (Å²) in [6.07, 6.45) is 0.530. The molecule has 2 heterocycles. The predicted octanol–water partition coefficient (Wildman–Crippen LogP) is 2.33. The van der Waals surface area contributed by atoms with Crippen molar-refractivity contribution in [2.45, 2.75) is 6.42 Å². The molecule has 0 aliphatic rings. The van der Waals surface area contributed by atoms with Gasteiger partial charge in [-0.3, -0.25) is 0 Å². The number of nitrogens with zero attached hydrogens (tertiary/aromatic N) is 2. The van der Waals surface area contributed by atoms with E-state index in [1.54, 1.807) is 12.1 Å². The van der Waals surface area contributed by atoms with Crippen LogP contribution in [-0.4, -0.2) is 15.0 Å². The number of benzene rings is 1. The molecular formula is C11H9FN4S. The molecule has 0 amide bonds. The summed E-state index contributed by atoms with van der Waals surface area (Å²) in [4.78, 5) is 11.4. The number of nitrogens with two attached hydrogens (primary N) is 1. The molecule has 3 N–H and O–H groups in total. The van der Waals surface area contributed by atoms with Crippen LogP contribution in [0.3, 0.4) is 0 Å². The third kappa shape index (κ3) is 1.87. The van der Waals surface area contributed by atoms with Gasteiger partial charge in [0.1, 0.15) is 11.3 Å². The van der Waals surface area contributed by atoms with E-state index in [0.29, 0.717) is 28.4 Å². The Morgan fingerprint density at radius 2 is 2.24 bits per heavy atom. The maximum absolute atomic E-state index is 13.4. The number of halogens is 1. The van der Waals surface area contributed by atoms with Crippen molar-refractivity contribution in [2.75, 3.05) is 5.73 Å². The minimum atomic E-state index is -0.317. The highest BCUT2D eigenvalue weighted by atomic mass is 32.1. The van der Waals surface area contributed by atoms with Gasteiger partial charge in [0.2, 0.25) is 0 Å². The Morgan fingerprint density at radius 1 is 1.35 bits per heavy atom. The number of imidazole rings is 1. The molecule has 1 aromatic carbocycles. The third-order valence-corrected chi connectivity index (χ3v) is 3.15. The fourth-order valence-corrected chi connectivity index (χ4v) is 2.27. The van der Waals surface area contributed by atoms with Crippen LogP contribution in [0.1, 0.15) is 11.5 Å². The molecule has 0 aliphatic carbocycles. The molecule has 2 aromatic heterocycles. The van der Waals surface area contributed by atoms with Crippen molar-refractivity contribution < 1.29 is 4.39 Å². The molecular weight excluding hydrogens is 239 g/mol. The van der Waals surface area contributed by atoms with Gasteiger partial charge in [-0.15, -0.1) is 11.3 Å². The number of nitrogen functional groups attached to an aromatic ring is 1. The van der Waals surface area contributed by atoms with Gasteiger partial charge in [0.05, 0.1) is 11.2 Å². The van der Waals surface area contributed by atoms with Gasteiger partial charge in [0.25, 0.3) is 0 Å². The second-order valence-corrected chi connectivity index (χ2v) is 4.56. The Balaban J connectivity index is 1.98. The van der Waals surface area contributed by atoms with E-state index in [1.807, 2.05) is 5.38 Å². The molecule has 0 saturated heterocycles. The summed E-state index contributed by atoms with van der Waals surface area (Å²) in [6.45, 7) is 0. The molecule has 3 rings (SSSR count).